The lowest BCUT2D eigenvalue weighted by atomic mass is 10.2. The zero-order chi connectivity index (χ0) is 17.3. The van der Waals surface area contributed by atoms with Gasteiger partial charge in [0, 0.05) is 50.8 Å². The quantitative estimate of drug-likeness (QED) is 0.244. The molecule has 138 valence electrons. The standard InChI is InChI=1S/C20H25N5.HI/c1-21-20(24-13-9-17-6-4-11-22-16-17)23-12-5-14-25-15-10-18-7-2-3-8-19(18)25;/h2-4,6-8,10-11,15-16H,5,9,12-14H2,1H3,(H2,21,23,24);1H. The molecule has 2 aromatic heterocycles. The van der Waals surface area contributed by atoms with Gasteiger partial charge in [0.05, 0.1) is 0 Å². The molecule has 0 spiro atoms. The summed E-state index contributed by atoms with van der Waals surface area (Å²) in [5.41, 5.74) is 2.52. The number of benzene rings is 1. The molecule has 2 N–H and O–H groups in total. The summed E-state index contributed by atoms with van der Waals surface area (Å²) in [6.07, 6.45) is 7.84. The van der Waals surface area contributed by atoms with Gasteiger partial charge in [-0.3, -0.25) is 9.98 Å². The van der Waals surface area contributed by atoms with Crippen LogP contribution in [0.1, 0.15) is 12.0 Å². The minimum Gasteiger partial charge on any atom is -0.356 e. The normalized spacial score (nSPS) is 11.2. The van der Waals surface area contributed by atoms with Crippen molar-refractivity contribution >= 4 is 40.8 Å². The number of guanidine groups is 1. The first kappa shape index (κ1) is 20.2. The molecule has 0 bridgehead atoms. The maximum Gasteiger partial charge on any atom is 0.190 e. The van der Waals surface area contributed by atoms with E-state index in [2.05, 4.69) is 67.8 Å². The SMILES string of the molecule is CN=C(NCCCn1ccc2ccccc21)NCCc1cccnc1.I. The second-order valence-corrected chi connectivity index (χ2v) is 5.96. The lowest BCUT2D eigenvalue weighted by molar-refractivity contribution is 0.640. The molecule has 3 aromatic rings. The number of aromatic nitrogens is 2. The van der Waals surface area contributed by atoms with Crippen molar-refractivity contribution < 1.29 is 0 Å². The van der Waals surface area contributed by atoms with Crippen molar-refractivity contribution in [3.05, 3.63) is 66.6 Å². The Balaban J connectivity index is 0.00000243. The summed E-state index contributed by atoms with van der Waals surface area (Å²) in [6.45, 7) is 2.72. The predicted molar refractivity (Wildman–Crippen MR) is 119 cm³/mol. The van der Waals surface area contributed by atoms with E-state index in [1.54, 1.807) is 13.2 Å². The fourth-order valence-corrected chi connectivity index (χ4v) is 2.88. The van der Waals surface area contributed by atoms with Gasteiger partial charge < -0.3 is 15.2 Å². The molecule has 0 amide bonds. The van der Waals surface area contributed by atoms with E-state index in [4.69, 9.17) is 0 Å². The zero-order valence-corrected chi connectivity index (χ0v) is 17.4. The van der Waals surface area contributed by atoms with Gasteiger partial charge in [-0.05, 0) is 42.0 Å². The third kappa shape index (κ3) is 5.72. The molecular weight excluding hydrogens is 437 g/mol. The van der Waals surface area contributed by atoms with E-state index in [-0.39, 0.29) is 24.0 Å². The third-order valence-corrected chi connectivity index (χ3v) is 4.20. The van der Waals surface area contributed by atoms with Crippen LogP contribution in [0.3, 0.4) is 0 Å². The summed E-state index contributed by atoms with van der Waals surface area (Å²) in [6, 6.07) is 14.7. The molecular formula is C20H26IN5. The van der Waals surface area contributed by atoms with Gasteiger partial charge in [-0.25, -0.2) is 0 Å². The molecule has 0 saturated carbocycles. The van der Waals surface area contributed by atoms with Gasteiger partial charge in [-0.2, -0.15) is 0 Å². The fourth-order valence-electron chi connectivity index (χ4n) is 2.88. The van der Waals surface area contributed by atoms with Crippen molar-refractivity contribution in [3.63, 3.8) is 0 Å². The van der Waals surface area contributed by atoms with Crippen molar-refractivity contribution in [2.24, 2.45) is 4.99 Å². The number of nitrogens with zero attached hydrogens (tertiary/aromatic N) is 3. The highest BCUT2D eigenvalue weighted by molar-refractivity contribution is 14.0. The molecule has 6 heteroatoms. The zero-order valence-electron chi connectivity index (χ0n) is 15.1. The highest BCUT2D eigenvalue weighted by Gasteiger charge is 2.01. The van der Waals surface area contributed by atoms with Crippen LogP contribution in [0, 0.1) is 0 Å². The van der Waals surface area contributed by atoms with Crippen LogP contribution in [-0.4, -0.2) is 35.6 Å². The molecule has 0 unspecified atom stereocenters. The average Bonchev–Trinajstić information content (AvgIpc) is 3.08. The van der Waals surface area contributed by atoms with Gasteiger partial charge in [-0.1, -0.05) is 24.3 Å². The Labute approximate surface area is 172 Å². The summed E-state index contributed by atoms with van der Waals surface area (Å²) < 4.78 is 2.30. The van der Waals surface area contributed by atoms with Crippen LogP contribution >= 0.6 is 24.0 Å². The maximum absolute atomic E-state index is 4.28. The van der Waals surface area contributed by atoms with E-state index in [1.807, 2.05) is 12.3 Å². The number of fused-ring (bicyclic) bond motifs is 1. The summed E-state index contributed by atoms with van der Waals surface area (Å²) in [5, 5.41) is 8.02. The highest BCUT2D eigenvalue weighted by atomic mass is 127. The molecule has 1 aromatic carbocycles. The first-order valence-electron chi connectivity index (χ1n) is 8.74. The number of rotatable bonds is 7. The largest absolute Gasteiger partial charge is 0.356 e. The van der Waals surface area contributed by atoms with Crippen LogP contribution in [0.15, 0.2) is 66.0 Å². The van der Waals surface area contributed by atoms with Crippen molar-refractivity contribution in [2.45, 2.75) is 19.4 Å². The van der Waals surface area contributed by atoms with Crippen molar-refractivity contribution in [2.75, 3.05) is 20.1 Å². The van der Waals surface area contributed by atoms with E-state index >= 15 is 0 Å². The summed E-state index contributed by atoms with van der Waals surface area (Å²) >= 11 is 0. The summed E-state index contributed by atoms with van der Waals surface area (Å²) in [4.78, 5) is 8.41. The van der Waals surface area contributed by atoms with Crippen molar-refractivity contribution in [1.82, 2.24) is 20.2 Å². The Hall–Kier alpha value is -2.09. The van der Waals surface area contributed by atoms with Crippen LogP contribution in [0.5, 0.6) is 0 Å². The van der Waals surface area contributed by atoms with Gasteiger partial charge in [-0.15, -0.1) is 24.0 Å². The van der Waals surface area contributed by atoms with Gasteiger partial charge in [0.1, 0.15) is 0 Å². The molecule has 2 heterocycles. The predicted octanol–water partition coefficient (Wildman–Crippen LogP) is 3.45. The molecule has 0 aliphatic carbocycles. The van der Waals surface area contributed by atoms with Crippen molar-refractivity contribution in [1.29, 1.82) is 0 Å². The van der Waals surface area contributed by atoms with Crippen LogP contribution in [0.2, 0.25) is 0 Å². The fraction of sp³-hybridized carbons (Fsp3) is 0.300. The van der Waals surface area contributed by atoms with Gasteiger partial charge in [0.25, 0.3) is 0 Å². The Morgan fingerprint density at radius 3 is 2.73 bits per heavy atom. The topological polar surface area (TPSA) is 54.2 Å². The highest BCUT2D eigenvalue weighted by Crippen LogP contribution is 2.15. The molecule has 0 aliphatic heterocycles. The smallest absolute Gasteiger partial charge is 0.190 e. The molecule has 3 rings (SSSR count). The monoisotopic (exact) mass is 463 g/mol. The number of aliphatic imine (C=N–C) groups is 1. The molecule has 5 nitrogen and oxygen atoms in total. The van der Waals surface area contributed by atoms with Gasteiger partial charge >= 0.3 is 0 Å². The molecule has 0 radical (unpaired) electrons. The number of para-hydroxylation sites is 1. The van der Waals surface area contributed by atoms with Crippen LogP contribution in [0.4, 0.5) is 0 Å². The number of halogens is 1. The number of nitrogens with one attached hydrogen (secondary N) is 2. The van der Waals surface area contributed by atoms with Gasteiger partial charge in [0.15, 0.2) is 5.96 Å². The Bertz CT molecular complexity index is 813. The van der Waals surface area contributed by atoms with Crippen LogP contribution in [-0.2, 0) is 13.0 Å². The minimum absolute atomic E-state index is 0. The number of pyridine rings is 1. The number of aryl methyl sites for hydroxylation is 1. The van der Waals surface area contributed by atoms with Crippen LogP contribution in [0.25, 0.3) is 10.9 Å². The summed E-state index contributed by atoms with van der Waals surface area (Å²) in [7, 11) is 1.80. The van der Waals surface area contributed by atoms with E-state index in [9.17, 15) is 0 Å². The summed E-state index contributed by atoms with van der Waals surface area (Å²) in [5.74, 6) is 0.848. The third-order valence-electron chi connectivity index (χ3n) is 4.20. The second kappa shape index (κ2) is 10.8. The first-order valence-corrected chi connectivity index (χ1v) is 8.74. The van der Waals surface area contributed by atoms with E-state index in [0.29, 0.717) is 0 Å². The first-order chi connectivity index (χ1) is 12.4. The number of hydrogen-bond donors (Lipinski definition) is 2. The second-order valence-electron chi connectivity index (χ2n) is 5.96. The Kier molecular flexibility index (Phi) is 8.40. The molecule has 0 aliphatic rings. The lowest BCUT2D eigenvalue weighted by Crippen LogP contribution is -2.38. The van der Waals surface area contributed by atoms with Gasteiger partial charge in [0.2, 0.25) is 0 Å². The van der Waals surface area contributed by atoms with Crippen LogP contribution < -0.4 is 10.6 Å². The Morgan fingerprint density at radius 1 is 1.08 bits per heavy atom. The lowest BCUT2D eigenvalue weighted by Gasteiger charge is -2.12. The maximum atomic E-state index is 4.28. The van der Waals surface area contributed by atoms with E-state index in [0.717, 1.165) is 38.4 Å². The molecule has 0 atom stereocenters. The van der Waals surface area contributed by atoms with E-state index < -0.39 is 0 Å². The average molecular weight is 463 g/mol. The van der Waals surface area contributed by atoms with Crippen molar-refractivity contribution in [3.8, 4) is 0 Å². The molecule has 26 heavy (non-hydrogen) atoms. The number of hydrogen-bond acceptors (Lipinski definition) is 2. The Morgan fingerprint density at radius 2 is 1.92 bits per heavy atom. The van der Waals surface area contributed by atoms with E-state index in [1.165, 1.54) is 16.5 Å². The molecule has 0 fully saturated rings. The minimum atomic E-state index is 0. The molecule has 0 saturated heterocycles.